The molecule has 23 heavy (non-hydrogen) atoms. The minimum absolute atomic E-state index is 0.0420. The first kappa shape index (κ1) is 20.1. The van der Waals surface area contributed by atoms with Crippen molar-refractivity contribution >= 4 is 7.60 Å². The molecule has 0 aliphatic heterocycles. The number of aromatic hydroxyl groups is 1. The predicted molar refractivity (Wildman–Crippen MR) is 89.6 cm³/mol. The molecule has 1 rings (SSSR count). The number of aliphatic hydroxyl groups excluding tert-OH is 1. The van der Waals surface area contributed by atoms with E-state index in [1.807, 2.05) is 0 Å². The molecule has 0 bridgehead atoms. The van der Waals surface area contributed by atoms with E-state index in [0.717, 1.165) is 0 Å². The highest BCUT2D eigenvalue weighted by Crippen LogP contribution is 2.64. The van der Waals surface area contributed by atoms with Crippen molar-refractivity contribution in [3.05, 3.63) is 23.0 Å². The van der Waals surface area contributed by atoms with E-state index in [2.05, 4.69) is 4.98 Å². The summed E-state index contributed by atoms with van der Waals surface area (Å²) in [5.41, 5.74) is -0.502. The summed E-state index contributed by atoms with van der Waals surface area (Å²) < 4.78 is 24.5. The molecule has 0 fully saturated rings. The fraction of sp³-hybridized carbons (Fsp3) is 0.688. The third kappa shape index (κ3) is 5.28. The molecule has 1 unspecified atom stereocenters. The van der Waals surface area contributed by atoms with Gasteiger partial charge in [-0.1, -0.05) is 0 Å². The number of aliphatic hydroxyl groups is 1. The van der Waals surface area contributed by atoms with Crippen LogP contribution in [0, 0.1) is 13.8 Å². The topological polar surface area (TPSA) is 88.9 Å². The highest BCUT2D eigenvalue weighted by molar-refractivity contribution is 7.54. The molecular formula is C16H28NO5P. The first-order chi connectivity index (χ1) is 10.2. The van der Waals surface area contributed by atoms with E-state index in [-0.39, 0.29) is 11.3 Å². The highest BCUT2D eigenvalue weighted by Gasteiger charge is 2.43. The summed E-state index contributed by atoms with van der Waals surface area (Å²) in [4.78, 5) is 4.02. The fourth-order valence-corrected chi connectivity index (χ4v) is 4.41. The Bertz CT molecular complexity index is 596. The molecule has 6 nitrogen and oxygen atoms in total. The summed E-state index contributed by atoms with van der Waals surface area (Å²) in [5, 5.41) is 20.7. The lowest BCUT2D eigenvalue weighted by Gasteiger charge is -2.34. The summed E-state index contributed by atoms with van der Waals surface area (Å²) in [6.45, 7) is 13.7. The van der Waals surface area contributed by atoms with Crippen molar-refractivity contribution < 1.29 is 23.8 Å². The smallest absolute Gasteiger partial charge is 0.364 e. The maximum atomic E-state index is 13.3. The molecule has 0 radical (unpaired) electrons. The van der Waals surface area contributed by atoms with Crippen LogP contribution in [0.15, 0.2) is 6.20 Å². The zero-order chi connectivity index (χ0) is 18.2. The molecule has 0 saturated heterocycles. The number of nitrogens with zero attached hydrogens (tertiary/aromatic N) is 1. The van der Waals surface area contributed by atoms with Crippen LogP contribution in [-0.4, -0.2) is 26.4 Å². The Kier molecular flexibility index (Phi) is 5.70. The largest absolute Gasteiger partial charge is 0.506 e. The van der Waals surface area contributed by atoms with Crippen molar-refractivity contribution in [2.45, 2.75) is 72.4 Å². The van der Waals surface area contributed by atoms with Crippen molar-refractivity contribution in [3.63, 3.8) is 0 Å². The van der Waals surface area contributed by atoms with Crippen LogP contribution < -0.4 is 0 Å². The number of hydrogen-bond acceptors (Lipinski definition) is 6. The molecule has 7 heteroatoms. The van der Waals surface area contributed by atoms with E-state index in [1.54, 1.807) is 55.4 Å². The average Bonchev–Trinajstić information content (AvgIpc) is 2.30. The van der Waals surface area contributed by atoms with Crippen molar-refractivity contribution in [3.8, 4) is 5.75 Å². The van der Waals surface area contributed by atoms with E-state index in [9.17, 15) is 14.8 Å². The number of aromatic nitrogens is 1. The summed E-state index contributed by atoms with van der Waals surface area (Å²) in [7, 11) is -3.93. The van der Waals surface area contributed by atoms with E-state index < -0.39 is 24.6 Å². The number of aryl methyl sites for hydroxylation is 1. The van der Waals surface area contributed by atoms with Gasteiger partial charge >= 0.3 is 7.60 Å². The number of rotatable bonds is 4. The first-order valence-electron chi connectivity index (χ1n) is 7.51. The highest BCUT2D eigenvalue weighted by atomic mass is 31.2. The Balaban J connectivity index is 3.37. The van der Waals surface area contributed by atoms with Crippen molar-refractivity contribution in [2.24, 2.45) is 0 Å². The van der Waals surface area contributed by atoms with Gasteiger partial charge in [-0.25, -0.2) is 0 Å². The van der Waals surface area contributed by atoms with E-state index in [1.165, 1.54) is 6.20 Å². The molecule has 0 aromatic carbocycles. The molecule has 0 amide bonds. The second-order valence-corrected chi connectivity index (χ2v) is 9.53. The molecule has 1 heterocycles. The van der Waals surface area contributed by atoms with Gasteiger partial charge in [0, 0.05) is 17.3 Å². The summed E-state index contributed by atoms with van der Waals surface area (Å²) >= 11 is 0. The zero-order valence-corrected chi connectivity index (χ0v) is 16.1. The minimum Gasteiger partial charge on any atom is -0.506 e. The molecule has 0 aliphatic rings. The number of hydrogen-bond donors (Lipinski definition) is 2. The van der Waals surface area contributed by atoms with Crippen LogP contribution in [0.3, 0.4) is 0 Å². The lowest BCUT2D eigenvalue weighted by atomic mass is 10.1. The second kappa shape index (κ2) is 6.52. The Morgan fingerprint density at radius 1 is 1.09 bits per heavy atom. The Labute approximate surface area is 138 Å². The van der Waals surface area contributed by atoms with Crippen LogP contribution in [0.5, 0.6) is 5.75 Å². The Morgan fingerprint density at radius 3 is 1.91 bits per heavy atom. The Hall–Kier alpha value is -0.940. The molecule has 1 aromatic heterocycles. The van der Waals surface area contributed by atoms with E-state index >= 15 is 0 Å². The van der Waals surface area contributed by atoms with Gasteiger partial charge in [-0.3, -0.25) is 9.55 Å². The SMILES string of the molecule is Cc1ncc(C(O)P(=O)(OC(C)(C)C)OC(C)(C)C)c(C)c1O. The van der Waals surface area contributed by atoms with E-state index in [4.69, 9.17) is 9.05 Å². The van der Waals surface area contributed by atoms with Gasteiger partial charge in [-0.05, 0) is 55.4 Å². The molecule has 0 aliphatic carbocycles. The standard InChI is InChI=1S/C16H28NO5P/c1-10-12(9-17-11(2)13(10)18)14(19)23(20,21-15(3,4)5)22-16(6,7)8/h9,14,18-19H,1-8H3. The monoisotopic (exact) mass is 345 g/mol. The Morgan fingerprint density at radius 2 is 1.52 bits per heavy atom. The molecule has 1 atom stereocenters. The molecule has 132 valence electrons. The fourth-order valence-electron chi connectivity index (χ4n) is 2.04. The third-order valence-electron chi connectivity index (χ3n) is 2.91. The van der Waals surface area contributed by atoms with Gasteiger partial charge in [0.2, 0.25) is 0 Å². The van der Waals surface area contributed by atoms with Crippen molar-refractivity contribution in [1.29, 1.82) is 0 Å². The zero-order valence-electron chi connectivity index (χ0n) is 15.2. The third-order valence-corrected chi connectivity index (χ3v) is 5.39. The summed E-state index contributed by atoms with van der Waals surface area (Å²) in [6.07, 6.45) is 1.39. The summed E-state index contributed by atoms with van der Waals surface area (Å²) in [5.74, 6) is -1.58. The second-order valence-electron chi connectivity index (χ2n) is 7.59. The van der Waals surface area contributed by atoms with Crippen LogP contribution >= 0.6 is 7.60 Å². The minimum atomic E-state index is -3.93. The maximum absolute atomic E-state index is 13.3. The predicted octanol–water partition coefficient (Wildman–Crippen LogP) is 4.22. The molecule has 2 N–H and O–H groups in total. The van der Waals surface area contributed by atoms with Crippen LogP contribution in [0.4, 0.5) is 0 Å². The van der Waals surface area contributed by atoms with Gasteiger partial charge < -0.3 is 19.3 Å². The maximum Gasteiger partial charge on any atom is 0.364 e. The first-order valence-corrected chi connectivity index (χ1v) is 9.12. The van der Waals surface area contributed by atoms with Crippen LogP contribution in [-0.2, 0) is 13.6 Å². The molecule has 0 saturated carbocycles. The van der Waals surface area contributed by atoms with Crippen LogP contribution in [0.2, 0.25) is 0 Å². The lowest BCUT2D eigenvalue weighted by Crippen LogP contribution is -2.26. The van der Waals surface area contributed by atoms with Gasteiger partial charge in [0.15, 0.2) is 5.85 Å². The van der Waals surface area contributed by atoms with Gasteiger partial charge in [-0.2, -0.15) is 0 Å². The van der Waals surface area contributed by atoms with E-state index in [0.29, 0.717) is 11.3 Å². The number of pyridine rings is 1. The normalized spacial score (nSPS) is 14.8. The van der Waals surface area contributed by atoms with Gasteiger partial charge in [0.05, 0.1) is 16.9 Å². The summed E-state index contributed by atoms with van der Waals surface area (Å²) in [6, 6.07) is 0. The van der Waals surface area contributed by atoms with Crippen molar-refractivity contribution in [2.75, 3.05) is 0 Å². The quantitative estimate of drug-likeness (QED) is 0.794. The molecule has 0 spiro atoms. The van der Waals surface area contributed by atoms with Gasteiger partial charge in [0.25, 0.3) is 0 Å². The van der Waals surface area contributed by atoms with Crippen LogP contribution in [0.1, 0.15) is 64.2 Å². The van der Waals surface area contributed by atoms with Crippen molar-refractivity contribution in [1.82, 2.24) is 4.98 Å². The van der Waals surface area contributed by atoms with Gasteiger partial charge in [-0.15, -0.1) is 0 Å². The lowest BCUT2D eigenvalue weighted by molar-refractivity contribution is 0.0270. The molecule has 1 aromatic rings. The molecular weight excluding hydrogens is 317 g/mol. The van der Waals surface area contributed by atoms with Gasteiger partial charge in [0.1, 0.15) is 5.75 Å². The average molecular weight is 345 g/mol. The van der Waals surface area contributed by atoms with Crippen LogP contribution in [0.25, 0.3) is 0 Å².